The summed E-state index contributed by atoms with van der Waals surface area (Å²) in [4.78, 5) is 4.65. The van der Waals surface area contributed by atoms with Crippen molar-refractivity contribution < 1.29 is 4.74 Å². The van der Waals surface area contributed by atoms with Crippen LogP contribution in [0.4, 0.5) is 0 Å². The zero-order valence-corrected chi connectivity index (χ0v) is 24.5. The number of nitrogens with zero attached hydrogens (tertiary/aromatic N) is 4. The Kier molecular flexibility index (Phi) is 6.16. The van der Waals surface area contributed by atoms with Gasteiger partial charge in [0.15, 0.2) is 0 Å². The van der Waals surface area contributed by atoms with Gasteiger partial charge in [-0.15, -0.1) is 0 Å². The van der Waals surface area contributed by atoms with Crippen molar-refractivity contribution in [3.05, 3.63) is 131 Å². The highest BCUT2D eigenvalue weighted by Gasteiger charge is 2.19. The second-order valence-corrected chi connectivity index (χ2v) is 11.1. The molecule has 5 nitrogen and oxygen atoms in total. The summed E-state index contributed by atoms with van der Waals surface area (Å²) in [6.07, 6.45) is 1.83. The normalized spacial score (nSPS) is 11.5. The fraction of sp³-hybridized carbons (Fsp3) is 0.135. The molecule has 3 aromatic heterocycles. The number of aromatic nitrogens is 4. The number of para-hydroxylation sites is 1. The van der Waals surface area contributed by atoms with Crippen LogP contribution in [0, 0.1) is 34.6 Å². The summed E-state index contributed by atoms with van der Waals surface area (Å²) in [5, 5.41) is 7.32. The number of benzene rings is 4. The van der Waals surface area contributed by atoms with E-state index in [1.165, 1.54) is 33.2 Å². The van der Waals surface area contributed by atoms with Gasteiger partial charge in [0, 0.05) is 40.4 Å². The maximum absolute atomic E-state index is 6.47. The molecule has 0 atom stereocenters. The fourth-order valence-corrected chi connectivity index (χ4v) is 6.39. The lowest BCUT2D eigenvalue weighted by Crippen LogP contribution is -2.00. The summed E-state index contributed by atoms with van der Waals surface area (Å²) in [6, 6.07) is 33.3. The molecular formula is C37H32N4O. The van der Waals surface area contributed by atoms with Crippen molar-refractivity contribution in [3.63, 3.8) is 0 Å². The molecule has 206 valence electrons. The predicted octanol–water partition coefficient (Wildman–Crippen LogP) is 9.37. The quantitative estimate of drug-likeness (QED) is 0.215. The Bertz CT molecular complexity index is 2090. The largest absolute Gasteiger partial charge is 0.457 e. The first kappa shape index (κ1) is 25.8. The lowest BCUT2D eigenvalue weighted by atomic mass is 9.92. The van der Waals surface area contributed by atoms with Crippen LogP contribution < -0.4 is 4.74 Å². The third kappa shape index (κ3) is 4.25. The summed E-state index contributed by atoms with van der Waals surface area (Å²) in [6.45, 7) is 10.8. The third-order valence-corrected chi connectivity index (χ3v) is 8.04. The smallest absolute Gasteiger partial charge is 0.137 e. The molecule has 7 aromatic rings. The van der Waals surface area contributed by atoms with E-state index in [1.807, 2.05) is 47.3 Å². The van der Waals surface area contributed by atoms with Crippen LogP contribution in [-0.2, 0) is 0 Å². The molecule has 0 saturated carbocycles. The highest BCUT2D eigenvalue weighted by Crippen LogP contribution is 2.37. The maximum atomic E-state index is 6.47. The first-order chi connectivity index (χ1) is 20.4. The molecule has 42 heavy (non-hydrogen) atoms. The standard InChI is InChI=1S/C37H32N4O/c1-23-19-24(2)36(25(3)20-23)37-26(4)39-41(27(37)5)28-11-10-12-29(21-28)42-30-16-17-32-31-13-6-7-14-33(31)40(34(32)22-30)35-15-8-9-18-38-35/h6-22H,1-5H3. The summed E-state index contributed by atoms with van der Waals surface area (Å²) in [5.41, 5.74) is 11.5. The summed E-state index contributed by atoms with van der Waals surface area (Å²) < 4.78 is 10.7. The highest BCUT2D eigenvalue weighted by atomic mass is 16.5. The first-order valence-electron chi connectivity index (χ1n) is 14.3. The van der Waals surface area contributed by atoms with Crippen LogP contribution >= 0.6 is 0 Å². The summed E-state index contributed by atoms with van der Waals surface area (Å²) in [7, 11) is 0. The van der Waals surface area contributed by atoms with E-state index in [1.54, 1.807) is 0 Å². The van der Waals surface area contributed by atoms with Gasteiger partial charge in [0.05, 0.1) is 22.4 Å². The molecule has 7 rings (SSSR count). The van der Waals surface area contributed by atoms with Crippen LogP contribution in [0.1, 0.15) is 28.1 Å². The summed E-state index contributed by atoms with van der Waals surface area (Å²) >= 11 is 0. The SMILES string of the molecule is Cc1cc(C)c(-c2c(C)nn(-c3cccc(Oc4ccc5c6ccccc6n(-c6ccccn6)c5c4)c3)c2C)c(C)c1. The number of aryl methyl sites for hydroxylation is 4. The highest BCUT2D eigenvalue weighted by molar-refractivity contribution is 6.09. The zero-order chi connectivity index (χ0) is 29.0. The van der Waals surface area contributed by atoms with E-state index in [2.05, 4.69) is 105 Å². The molecule has 0 aliphatic rings. The molecule has 4 aromatic carbocycles. The van der Waals surface area contributed by atoms with E-state index in [9.17, 15) is 0 Å². The molecule has 3 heterocycles. The topological polar surface area (TPSA) is 44.9 Å². The van der Waals surface area contributed by atoms with Crippen molar-refractivity contribution >= 4 is 21.8 Å². The van der Waals surface area contributed by atoms with E-state index < -0.39 is 0 Å². The van der Waals surface area contributed by atoms with Gasteiger partial charge in [-0.3, -0.25) is 4.57 Å². The van der Waals surface area contributed by atoms with Crippen molar-refractivity contribution in [2.75, 3.05) is 0 Å². The van der Waals surface area contributed by atoms with E-state index in [0.29, 0.717) is 0 Å². The number of ether oxygens (including phenoxy) is 1. The molecule has 0 fully saturated rings. The van der Waals surface area contributed by atoms with Crippen molar-refractivity contribution in [2.24, 2.45) is 0 Å². The first-order valence-corrected chi connectivity index (χ1v) is 14.3. The van der Waals surface area contributed by atoms with Gasteiger partial charge in [0.1, 0.15) is 17.3 Å². The van der Waals surface area contributed by atoms with Crippen molar-refractivity contribution in [1.82, 2.24) is 19.3 Å². The minimum absolute atomic E-state index is 0.754. The summed E-state index contributed by atoms with van der Waals surface area (Å²) in [5.74, 6) is 2.39. The minimum atomic E-state index is 0.754. The zero-order valence-electron chi connectivity index (χ0n) is 24.5. The van der Waals surface area contributed by atoms with Gasteiger partial charge in [-0.1, -0.05) is 48.0 Å². The van der Waals surface area contributed by atoms with Crippen LogP contribution in [-0.4, -0.2) is 19.3 Å². The Balaban J connectivity index is 1.28. The van der Waals surface area contributed by atoms with E-state index in [0.717, 1.165) is 50.8 Å². The van der Waals surface area contributed by atoms with Gasteiger partial charge in [-0.2, -0.15) is 5.10 Å². The number of rotatable bonds is 5. The third-order valence-electron chi connectivity index (χ3n) is 8.04. The van der Waals surface area contributed by atoms with Crippen LogP contribution in [0.3, 0.4) is 0 Å². The van der Waals surface area contributed by atoms with Crippen LogP contribution in [0.25, 0.3) is 44.4 Å². The molecule has 0 bridgehead atoms. The molecule has 0 amide bonds. The Morgan fingerprint density at radius 3 is 2.14 bits per heavy atom. The molecule has 0 radical (unpaired) electrons. The van der Waals surface area contributed by atoms with Gasteiger partial charge in [-0.05, 0) is 93.8 Å². The van der Waals surface area contributed by atoms with Crippen LogP contribution in [0.15, 0.2) is 103 Å². The monoisotopic (exact) mass is 548 g/mol. The van der Waals surface area contributed by atoms with Crippen molar-refractivity contribution in [3.8, 4) is 34.1 Å². The lowest BCUT2D eigenvalue weighted by molar-refractivity contribution is 0.483. The van der Waals surface area contributed by atoms with Gasteiger partial charge in [0.2, 0.25) is 0 Å². The second-order valence-electron chi connectivity index (χ2n) is 11.1. The number of fused-ring (bicyclic) bond motifs is 3. The number of hydrogen-bond acceptors (Lipinski definition) is 3. The molecule has 0 saturated heterocycles. The number of hydrogen-bond donors (Lipinski definition) is 0. The molecule has 0 aliphatic heterocycles. The molecular weight excluding hydrogens is 516 g/mol. The molecule has 0 unspecified atom stereocenters. The lowest BCUT2D eigenvalue weighted by Gasteiger charge is -2.13. The Hall–Kier alpha value is -5.16. The number of pyridine rings is 1. The average Bonchev–Trinajstić information content (AvgIpc) is 3.46. The average molecular weight is 549 g/mol. The van der Waals surface area contributed by atoms with Crippen LogP contribution in [0.2, 0.25) is 0 Å². The molecule has 0 N–H and O–H groups in total. The fourth-order valence-electron chi connectivity index (χ4n) is 6.39. The maximum Gasteiger partial charge on any atom is 0.137 e. The van der Waals surface area contributed by atoms with Crippen molar-refractivity contribution in [1.29, 1.82) is 0 Å². The van der Waals surface area contributed by atoms with E-state index >= 15 is 0 Å². The second kappa shape index (κ2) is 10.0. The van der Waals surface area contributed by atoms with Gasteiger partial charge >= 0.3 is 0 Å². The predicted molar refractivity (Wildman–Crippen MR) is 171 cm³/mol. The molecule has 0 spiro atoms. The Labute approximate surface area is 245 Å². The van der Waals surface area contributed by atoms with E-state index in [-0.39, 0.29) is 0 Å². The van der Waals surface area contributed by atoms with E-state index in [4.69, 9.17) is 9.84 Å². The minimum Gasteiger partial charge on any atom is -0.457 e. The van der Waals surface area contributed by atoms with Gasteiger partial charge in [0.25, 0.3) is 0 Å². The Morgan fingerprint density at radius 2 is 1.36 bits per heavy atom. The Morgan fingerprint density at radius 1 is 0.619 bits per heavy atom. The van der Waals surface area contributed by atoms with Gasteiger partial charge in [-0.25, -0.2) is 9.67 Å². The van der Waals surface area contributed by atoms with Gasteiger partial charge < -0.3 is 4.74 Å². The van der Waals surface area contributed by atoms with Crippen molar-refractivity contribution in [2.45, 2.75) is 34.6 Å². The molecule has 5 heteroatoms. The molecule has 0 aliphatic carbocycles. The van der Waals surface area contributed by atoms with Crippen LogP contribution in [0.5, 0.6) is 11.5 Å².